The molecule has 2 heterocycles. The van der Waals surface area contributed by atoms with Crippen LogP contribution >= 0.6 is 15.9 Å². The third-order valence-electron chi connectivity index (χ3n) is 3.28. The molecule has 0 aliphatic carbocycles. The molecule has 0 amide bonds. The van der Waals surface area contributed by atoms with Crippen LogP contribution in [-0.2, 0) is 6.42 Å². The molecule has 4 nitrogen and oxygen atoms in total. The Balaban J connectivity index is 1.67. The van der Waals surface area contributed by atoms with Crippen LogP contribution in [0.25, 0.3) is 11.1 Å². The summed E-state index contributed by atoms with van der Waals surface area (Å²) >= 11 is 3.42. The lowest BCUT2D eigenvalue weighted by atomic mass is 10.3. The van der Waals surface area contributed by atoms with E-state index >= 15 is 0 Å². The fourth-order valence-electron chi connectivity index (χ4n) is 2.32. The Morgan fingerprint density at radius 3 is 3.17 bits per heavy atom. The molecule has 96 valence electrons. The number of β-amino-alcohol motifs (C(OH)–C–C–N with tert-alkyl or cyclic N) is 1. The second kappa shape index (κ2) is 4.99. The highest BCUT2D eigenvalue weighted by molar-refractivity contribution is 9.10. The number of aromatic nitrogens is 1. The van der Waals surface area contributed by atoms with E-state index in [0.717, 1.165) is 53.9 Å². The van der Waals surface area contributed by atoms with Crippen molar-refractivity contribution in [3.8, 4) is 0 Å². The zero-order chi connectivity index (χ0) is 12.5. The lowest BCUT2D eigenvalue weighted by molar-refractivity contribution is 0.176. The van der Waals surface area contributed by atoms with Gasteiger partial charge >= 0.3 is 0 Å². The molecule has 1 aliphatic rings. The zero-order valence-electron chi connectivity index (χ0n) is 9.97. The number of aliphatic hydroxyl groups excluding tert-OH is 1. The van der Waals surface area contributed by atoms with E-state index in [9.17, 15) is 5.11 Å². The predicted molar refractivity (Wildman–Crippen MR) is 72.5 cm³/mol. The van der Waals surface area contributed by atoms with E-state index in [2.05, 4.69) is 25.8 Å². The molecule has 5 heteroatoms. The molecule has 1 atom stereocenters. The summed E-state index contributed by atoms with van der Waals surface area (Å²) in [5.41, 5.74) is 1.72. The summed E-state index contributed by atoms with van der Waals surface area (Å²) in [5.74, 6) is 0.768. The third kappa shape index (κ3) is 2.58. The van der Waals surface area contributed by atoms with Crippen LogP contribution in [0.2, 0.25) is 0 Å². The van der Waals surface area contributed by atoms with Crippen molar-refractivity contribution >= 4 is 27.0 Å². The molecule has 1 aromatic heterocycles. The monoisotopic (exact) mass is 310 g/mol. The topological polar surface area (TPSA) is 49.5 Å². The number of benzene rings is 1. The van der Waals surface area contributed by atoms with Crippen molar-refractivity contribution in [2.45, 2.75) is 18.9 Å². The molecule has 0 spiro atoms. The Hall–Kier alpha value is -0.910. The molecule has 1 aromatic carbocycles. The van der Waals surface area contributed by atoms with E-state index in [-0.39, 0.29) is 6.10 Å². The second-order valence-electron chi connectivity index (χ2n) is 4.71. The van der Waals surface area contributed by atoms with Crippen molar-refractivity contribution in [2.75, 3.05) is 19.6 Å². The van der Waals surface area contributed by atoms with Gasteiger partial charge in [-0.15, -0.1) is 0 Å². The van der Waals surface area contributed by atoms with Gasteiger partial charge in [0, 0.05) is 30.5 Å². The molecular weight excluding hydrogens is 296 g/mol. The number of hydrogen-bond acceptors (Lipinski definition) is 4. The summed E-state index contributed by atoms with van der Waals surface area (Å²) < 4.78 is 6.70. The summed E-state index contributed by atoms with van der Waals surface area (Å²) in [6.45, 7) is 2.63. The number of fused-ring (bicyclic) bond motifs is 1. The molecule has 1 fully saturated rings. The van der Waals surface area contributed by atoms with Crippen LogP contribution in [0.3, 0.4) is 0 Å². The Kier molecular flexibility index (Phi) is 3.37. The minimum Gasteiger partial charge on any atom is -0.441 e. The summed E-state index contributed by atoms with van der Waals surface area (Å²) in [4.78, 5) is 6.71. The zero-order valence-corrected chi connectivity index (χ0v) is 11.6. The number of nitrogens with zero attached hydrogens (tertiary/aromatic N) is 2. The Morgan fingerprint density at radius 1 is 1.50 bits per heavy atom. The predicted octanol–water partition coefficient (Wildman–Crippen LogP) is 2.20. The van der Waals surface area contributed by atoms with Gasteiger partial charge in [0.15, 0.2) is 11.5 Å². The Labute approximate surface area is 114 Å². The first-order valence-electron chi connectivity index (χ1n) is 6.16. The van der Waals surface area contributed by atoms with Gasteiger partial charge < -0.3 is 14.4 Å². The van der Waals surface area contributed by atoms with E-state index in [1.807, 2.05) is 18.2 Å². The highest BCUT2D eigenvalue weighted by atomic mass is 79.9. The SMILES string of the molecule is OC1CCN(CCc2nc3cc(Br)ccc3o2)C1. The average Bonchev–Trinajstić information content (AvgIpc) is 2.92. The number of rotatable bonds is 3. The third-order valence-corrected chi connectivity index (χ3v) is 3.78. The van der Waals surface area contributed by atoms with E-state index in [4.69, 9.17) is 4.42 Å². The van der Waals surface area contributed by atoms with Crippen LogP contribution in [-0.4, -0.2) is 40.7 Å². The average molecular weight is 311 g/mol. The minimum absolute atomic E-state index is 0.162. The van der Waals surface area contributed by atoms with Gasteiger partial charge in [-0.1, -0.05) is 15.9 Å². The molecule has 1 saturated heterocycles. The number of hydrogen-bond donors (Lipinski definition) is 1. The smallest absolute Gasteiger partial charge is 0.196 e. The molecule has 1 N–H and O–H groups in total. The number of oxazole rings is 1. The van der Waals surface area contributed by atoms with Gasteiger partial charge in [0.2, 0.25) is 0 Å². The first kappa shape index (κ1) is 12.1. The van der Waals surface area contributed by atoms with E-state index in [1.165, 1.54) is 0 Å². The van der Waals surface area contributed by atoms with Crippen LogP contribution in [0.1, 0.15) is 12.3 Å². The van der Waals surface area contributed by atoms with Crippen molar-refractivity contribution in [1.29, 1.82) is 0 Å². The first-order valence-corrected chi connectivity index (χ1v) is 6.95. The van der Waals surface area contributed by atoms with Crippen molar-refractivity contribution in [3.05, 3.63) is 28.6 Å². The van der Waals surface area contributed by atoms with Gasteiger partial charge in [-0.2, -0.15) is 0 Å². The van der Waals surface area contributed by atoms with Gasteiger partial charge in [0.25, 0.3) is 0 Å². The summed E-state index contributed by atoms with van der Waals surface area (Å²) in [7, 11) is 0. The van der Waals surface area contributed by atoms with E-state index in [1.54, 1.807) is 0 Å². The highest BCUT2D eigenvalue weighted by Crippen LogP contribution is 2.21. The maximum atomic E-state index is 9.46. The van der Waals surface area contributed by atoms with Gasteiger partial charge in [-0.05, 0) is 24.6 Å². The molecule has 0 radical (unpaired) electrons. The van der Waals surface area contributed by atoms with Gasteiger partial charge in [-0.3, -0.25) is 0 Å². The summed E-state index contributed by atoms with van der Waals surface area (Å²) in [6.07, 6.45) is 1.50. The van der Waals surface area contributed by atoms with Gasteiger partial charge in [-0.25, -0.2) is 4.98 Å². The fourth-order valence-corrected chi connectivity index (χ4v) is 2.67. The molecule has 0 saturated carbocycles. The largest absolute Gasteiger partial charge is 0.441 e. The molecular formula is C13H15BrN2O2. The molecule has 18 heavy (non-hydrogen) atoms. The highest BCUT2D eigenvalue weighted by Gasteiger charge is 2.20. The maximum Gasteiger partial charge on any atom is 0.196 e. The fraction of sp³-hybridized carbons (Fsp3) is 0.462. The van der Waals surface area contributed by atoms with Crippen LogP contribution in [0.5, 0.6) is 0 Å². The van der Waals surface area contributed by atoms with Crippen molar-refractivity contribution in [2.24, 2.45) is 0 Å². The lowest BCUT2D eigenvalue weighted by Crippen LogP contribution is -2.24. The van der Waals surface area contributed by atoms with Crippen molar-refractivity contribution < 1.29 is 9.52 Å². The maximum absolute atomic E-state index is 9.46. The first-order chi connectivity index (χ1) is 8.70. The Bertz CT molecular complexity index is 555. The number of halogens is 1. The van der Waals surface area contributed by atoms with Gasteiger partial charge in [0.05, 0.1) is 6.10 Å². The van der Waals surface area contributed by atoms with E-state index in [0.29, 0.717) is 0 Å². The van der Waals surface area contributed by atoms with Crippen LogP contribution < -0.4 is 0 Å². The molecule has 2 aromatic rings. The normalized spacial score (nSPS) is 20.9. The van der Waals surface area contributed by atoms with Crippen LogP contribution in [0, 0.1) is 0 Å². The van der Waals surface area contributed by atoms with Crippen LogP contribution in [0.4, 0.5) is 0 Å². The van der Waals surface area contributed by atoms with Crippen molar-refractivity contribution in [3.63, 3.8) is 0 Å². The van der Waals surface area contributed by atoms with Crippen LogP contribution in [0.15, 0.2) is 27.1 Å². The van der Waals surface area contributed by atoms with E-state index < -0.39 is 0 Å². The minimum atomic E-state index is -0.162. The number of aliphatic hydroxyl groups is 1. The number of likely N-dealkylation sites (tertiary alicyclic amines) is 1. The second-order valence-corrected chi connectivity index (χ2v) is 5.63. The molecule has 1 unspecified atom stereocenters. The molecule has 1 aliphatic heterocycles. The Morgan fingerprint density at radius 2 is 2.39 bits per heavy atom. The molecule has 3 rings (SSSR count). The van der Waals surface area contributed by atoms with Gasteiger partial charge in [0.1, 0.15) is 5.52 Å². The summed E-state index contributed by atoms with van der Waals surface area (Å²) in [6, 6.07) is 5.84. The molecule has 0 bridgehead atoms. The summed E-state index contributed by atoms with van der Waals surface area (Å²) in [5, 5.41) is 9.46. The standard InChI is InChI=1S/C13H15BrN2O2/c14-9-1-2-12-11(7-9)15-13(18-12)4-6-16-5-3-10(17)8-16/h1-2,7,10,17H,3-6,8H2. The quantitative estimate of drug-likeness (QED) is 0.944. The van der Waals surface area contributed by atoms with Crippen molar-refractivity contribution in [1.82, 2.24) is 9.88 Å². The lowest BCUT2D eigenvalue weighted by Gasteiger charge is -2.12.